The fourth-order valence-corrected chi connectivity index (χ4v) is 2.01. The minimum absolute atomic E-state index is 1.21. The molecule has 0 radical (unpaired) electrons. The SMILES string of the molecule is CC[N+](C)(CC)CC.CC[N+](C)(CC)CC.CC[N+](C)(CC)CC.O=C(F)C(=O)Cl.[O-]B([O-])[O-]. The Bertz CT molecular complexity index is 395. The lowest BCUT2D eigenvalue weighted by Gasteiger charge is -2.35. The number of carbonyl (C=O) groups is 2. The molecule has 0 aliphatic heterocycles. The normalized spacial score (nSPS) is 10.6. The maximum atomic E-state index is 10.7. The average molecular weight is 518 g/mol. The van der Waals surface area contributed by atoms with Gasteiger partial charge in [-0.3, -0.25) is 16.9 Å². The van der Waals surface area contributed by atoms with E-state index in [0.717, 1.165) is 0 Å². The maximum Gasteiger partial charge on any atom is 0.383 e. The number of rotatable bonds is 10. The Kier molecular flexibility index (Phi) is 32.6. The van der Waals surface area contributed by atoms with E-state index in [1.165, 1.54) is 72.4 Å². The minimum Gasteiger partial charge on any atom is -0.907 e. The van der Waals surface area contributed by atoms with Gasteiger partial charge in [0, 0.05) is 0 Å². The van der Waals surface area contributed by atoms with E-state index in [0.29, 0.717) is 0 Å². The van der Waals surface area contributed by atoms with Crippen LogP contribution in [0.4, 0.5) is 4.39 Å². The highest BCUT2D eigenvalue weighted by Crippen LogP contribution is 1.99. The van der Waals surface area contributed by atoms with Gasteiger partial charge in [0.25, 0.3) is 0 Å². The van der Waals surface area contributed by atoms with Crippen LogP contribution in [-0.2, 0) is 9.59 Å². The van der Waals surface area contributed by atoms with Gasteiger partial charge in [0.2, 0.25) is 0 Å². The Balaban J connectivity index is -0.000000105. The van der Waals surface area contributed by atoms with Crippen LogP contribution in [0.3, 0.4) is 0 Å². The smallest absolute Gasteiger partial charge is 0.383 e. The molecule has 0 rings (SSSR count). The van der Waals surface area contributed by atoms with E-state index in [9.17, 15) is 9.18 Å². The van der Waals surface area contributed by atoms with Gasteiger partial charge in [0.05, 0.1) is 80.0 Å². The molecular weight excluding hydrogens is 464 g/mol. The van der Waals surface area contributed by atoms with Crippen molar-refractivity contribution in [1.29, 1.82) is 0 Å². The van der Waals surface area contributed by atoms with E-state index in [4.69, 9.17) is 19.9 Å². The third-order valence-corrected chi connectivity index (χ3v) is 7.17. The molecule has 11 heteroatoms. The molecule has 0 bridgehead atoms. The van der Waals surface area contributed by atoms with Gasteiger partial charge in [-0.1, -0.05) is 0 Å². The molecule has 0 unspecified atom stereocenters. The van der Waals surface area contributed by atoms with Crippen molar-refractivity contribution in [3.05, 3.63) is 0 Å². The predicted molar refractivity (Wildman–Crippen MR) is 136 cm³/mol. The monoisotopic (exact) mass is 517 g/mol. The van der Waals surface area contributed by atoms with Gasteiger partial charge in [0.1, 0.15) is 0 Å². The first kappa shape index (κ1) is 43.5. The molecule has 0 N–H and O–H groups in total. The Morgan fingerprint density at radius 3 is 0.676 bits per heavy atom. The summed E-state index contributed by atoms with van der Waals surface area (Å²) in [5.41, 5.74) is 0. The fourth-order valence-electron chi connectivity index (χ4n) is 2.01. The Morgan fingerprint density at radius 1 is 0.588 bits per heavy atom. The maximum absolute atomic E-state index is 10.7. The molecule has 0 aromatic heterocycles. The fraction of sp³-hybridized carbons (Fsp3) is 0.913. The second kappa shape index (κ2) is 25.5. The summed E-state index contributed by atoms with van der Waals surface area (Å²) in [7, 11) is 3.96. The van der Waals surface area contributed by atoms with Crippen molar-refractivity contribution in [1.82, 2.24) is 0 Å². The lowest BCUT2D eigenvalue weighted by molar-refractivity contribution is -0.904. The van der Waals surface area contributed by atoms with E-state index >= 15 is 0 Å². The zero-order valence-corrected chi connectivity index (χ0v) is 24.8. The van der Waals surface area contributed by atoms with Crippen LogP contribution in [0.15, 0.2) is 0 Å². The Morgan fingerprint density at radius 2 is 0.676 bits per heavy atom. The number of halogens is 2. The third-order valence-electron chi connectivity index (χ3n) is 7.03. The highest BCUT2D eigenvalue weighted by molar-refractivity contribution is 6.79. The van der Waals surface area contributed by atoms with Gasteiger partial charge < -0.3 is 28.5 Å². The second-order valence-electron chi connectivity index (χ2n) is 8.54. The number of hydrogen-bond acceptors (Lipinski definition) is 5. The van der Waals surface area contributed by atoms with E-state index in [-0.39, 0.29) is 0 Å². The highest BCUT2D eigenvalue weighted by atomic mass is 35.5. The summed E-state index contributed by atoms with van der Waals surface area (Å²) in [6.07, 6.45) is 0. The van der Waals surface area contributed by atoms with Crippen LogP contribution >= 0.6 is 11.6 Å². The number of quaternary nitrogens is 3. The molecule has 0 heterocycles. The molecule has 0 saturated heterocycles. The molecule has 0 fully saturated rings. The number of hydrogen-bond donors (Lipinski definition) is 0. The van der Waals surface area contributed by atoms with Crippen LogP contribution in [0.2, 0.25) is 0 Å². The molecule has 0 amide bonds. The van der Waals surface area contributed by atoms with Gasteiger partial charge in [-0.25, -0.2) is 0 Å². The topological polar surface area (TPSA) is 103 Å². The van der Waals surface area contributed by atoms with Crippen molar-refractivity contribution in [3.8, 4) is 0 Å². The van der Waals surface area contributed by atoms with Crippen LogP contribution < -0.4 is 15.1 Å². The lowest BCUT2D eigenvalue weighted by atomic mass is 10.3. The molecule has 0 aliphatic carbocycles. The van der Waals surface area contributed by atoms with Gasteiger partial charge in [-0.15, -0.1) is 0 Å². The van der Waals surface area contributed by atoms with Crippen molar-refractivity contribution in [2.24, 2.45) is 0 Å². The van der Waals surface area contributed by atoms with Crippen LogP contribution in [0, 0.1) is 0 Å². The van der Waals surface area contributed by atoms with E-state index in [1.807, 2.05) is 0 Å². The van der Waals surface area contributed by atoms with E-state index in [2.05, 4.69) is 95.1 Å². The first-order chi connectivity index (χ1) is 15.4. The van der Waals surface area contributed by atoms with Crippen molar-refractivity contribution in [2.75, 3.05) is 80.0 Å². The summed E-state index contributed by atoms with van der Waals surface area (Å²) in [4.78, 5) is 18.2. The Labute approximate surface area is 215 Å². The molecule has 34 heavy (non-hydrogen) atoms. The number of carbonyl (C=O) groups excluding carboxylic acids is 2. The first-order valence-electron chi connectivity index (χ1n) is 12.3. The van der Waals surface area contributed by atoms with Crippen molar-refractivity contribution >= 4 is 30.2 Å². The summed E-state index contributed by atoms with van der Waals surface area (Å²) in [5, 5.41) is 23.7. The molecule has 0 spiro atoms. The third kappa shape index (κ3) is 31.4. The molecule has 0 atom stereocenters. The summed E-state index contributed by atoms with van der Waals surface area (Å²) in [5.74, 6) is 0. The summed E-state index contributed by atoms with van der Waals surface area (Å²) in [6, 6.07) is -2.11. The molecule has 0 aromatic rings. The van der Waals surface area contributed by atoms with Gasteiger partial charge in [-0.05, 0) is 73.9 Å². The summed E-state index contributed by atoms with van der Waals surface area (Å²) < 4.78 is 14.3. The summed E-state index contributed by atoms with van der Waals surface area (Å²) >= 11 is 4.25. The predicted octanol–water partition coefficient (Wildman–Crippen LogP) is 0.778. The zero-order valence-electron chi connectivity index (χ0n) is 24.1. The average Bonchev–Trinajstić information content (AvgIpc) is 2.83. The van der Waals surface area contributed by atoms with Crippen LogP contribution in [0.5, 0.6) is 0 Å². The zero-order chi connectivity index (χ0) is 28.6. The molecule has 0 saturated carbocycles. The minimum atomic E-state index is -2.92. The molecule has 0 aliphatic rings. The highest BCUT2D eigenvalue weighted by Gasteiger charge is 2.12. The van der Waals surface area contributed by atoms with Crippen LogP contribution in [0.1, 0.15) is 62.3 Å². The molecule has 8 nitrogen and oxygen atoms in total. The molecule has 0 aromatic carbocycles. The quantitative estimate of drug-likeness (QED) is 0.184. The largest absolute Gasteiger partial charge is 0.907 e. The van der Waals surface area contributed by atoms with Gasteiger partial charge in [-0.2, -0.15) is 4.39 Å². The summed E-state index contributed by atoms with van der Waals surface area (Å²) in [6.45, 7) is 31.5. The van der Waals surface area contributed by atoms with Crippen LogP contribution in [-0.4, -0.2) is 112 Å². The van der Waals surface area contributed by atoms with Crippen molar-refractivity contribution in [3.63, 3.8) is 0 Å². The molecule has 208 valence electrons. The number of nitrogens with zero attached hydrogens (tertiary/aromatic N) is 3. The standard InChI is InChI=1S/3C7H18N.C2ClFO2.BO3/c3*1-5-8(4,6-2)7-3;3-1(5)2(4)6;2-1(3)4/h3*5-7H2,1-4H3;;/q3*+1;;-3. The van der Waals surface area contributed by atoms with E-state index < -0.39 is 18.6 Å². The Hall–Kier alpha value is -0.615. The van der Waals surface area contributed by atoms with Crippen molar-refractivity contribution in [2.45, 2.75) is 62.3 Å². The van der Waals surface area contributed by atoms with Gasteiger partial charge >= 0.3 is 11.3 Å². The van der Waals surface area contributed by atoms with Crippen molar-refractivity contribution < 1.29 is 42.5 Å². The van der Waals surface area contributed by atoms with Crippen LogP contribution in [0.25, 0.3) is 0 Å². The molecular formula is C23H54BClFN3O5. The lowest BCUT2D eigenvalue weighted by Crippen LogP contribution is -2.56. The first-order valence-corrected chi connectivity index (χ1v) is 12.7. The van der Waals surface area contributed by atoms with Gasteiger partial charge in [0.15, 0.2) is 0 Å². The second-order valence-corrected chi connectivity index (χ2v) is 8.88. The van der Waals surface area contributed by atoms with E-state index in [1.54, 1.807) is 0 Å².